The number of nitrogen functional groups attached to an aromatic ring is 1. The molecule has 0 aliphatic rings. The first-order valence-electron chi connectivity index (χ1n) is 4.05. The van der Waals surface area contributed by atoms with Gasteiger partial charge in [0.05, 0.1) is 0 Å². The lowest BCUT2D eigenvalue weighted by molar-refractivity contribution is 0.537. The van der Waals surface area contributed by atoms with Crippen molar-refractivity contribution in [2.45, 2.75) is 0 Å². The van der Waals surface area contributed by atoms with E-state index in [1.807, 2.05) is 0 Å². The molecule has 4 nitrogen and oxygen atoms in total. The summed E-state index contributed by atoms with van der Waals surface area (Å²) in [4.78, 5) is 0. The molecule has 0 fully saturated rings. The van der Waals surface area contributed by atoms with Crippen LogP contribution in [0.25, 0.3) is 0 Å². The molecule has 3 N–H and O–H groups in total. The zero-order valence-corrected chi connectivity index (χ0v) is 8.44. The van der Waals surface area contributed by atoms with Crippen LogP contribution in [-0.2, 0) is 11.1 Å². The van der Waals surface area contributed by atoms with Gasteiger partial charge in [-0.15, -0.1) is 0 Å². The monoisotopic (exact) mass is 235 g/mol. The number of nitrogens with two attached hydrogens (primary N) is 1. The Morgan fingerprint density at radius 3 is 2.40 bits per heavy atom. The van der Waals surface area contributed by atoms with E-state index >= 15 is 0 Å². The van der Waals surface area contributed by atoms with Crippen LogP contribution in [0.5, 0.6) is 0 Å². The largest absolute Gasteiger partial charge is 0.772 e. The van der Waals surface area contributed by atoms with Gasteiger partial charge >= 0.3 is 0 Å². The van der Waals surface area contributed by atoms with Gasteiger partial charge in [-0.2, -0.15) is 0 Å². The summed E-state index contributed by atoms with van der Waals surface area (Å²) in [5, 5.41) is 2.34. The molecule has 0 radical (unpaired) electrons. The molecule has 0 aliphatic heterocycles. The van der Waals surface area contributed by atoms with Crippen LogP contribution in [0.1, 0.15) is 0 Å². The third-order valence-corrected chi connectivity index (χ3v) is 2.17. The van der Waals surface area contributed by atoms with Crippen LogP contribution in [-0.4, -0.2) is 21.1 Å². The lowest BCUT2D eigenvalue weighted by Crippen LogP contribution is -2.12. The summed E-state index contributed by atoms with van der Waals surface area (Å²) in [5.74, 6) is -1.91. The Balaban J connectivity index is 2.72. The van der Waals surface area contributed by atoms with Crippen LogP contribution in [0, 0.1) is 11.6 Å². The van der Waals surface area contributed by atoms with Crippen molar-refractivity contribution in [1.82, 2.24) is 0 Å². The lowest BCUT2D eigenvalue weighted by atomic mass is 10.2. The molecule has 7 heteroatoms. The highest BCUT2D eigenvalue weighted by atomic mass is 32.2. The Hall–Kier alpha value is -1.21. The van der Waals surface area contributed by atoms with E-state index in [9.17, 15) is 17.5 Å². The van der Waals surface area contributed by atoms with Crippen molar-refractivity contribution in [3.05, 3.63) is 23.8 Å². The highest BCUT2D eigenvalue weighted by molar-refractivity contribution is 7.79. The molecule has 0 aliphatic carbocycles. The second kappa shape index (κ2) is 5.04. The maximum Gasteiger partial charge on any atom is 0.151 e. The molecule has 1 aromatic rings. The van der Waals surface area contributed by atoms with Crippen molar-refractivity contribution in [3.8, 4) is 0 Å². The maximum atomic E-state index is 13.1. The van der Waals surface area contributed by atoms with Crippen molar-refractivity contribution >= 4 is 22.5 Å². The van der Waals surface area contributed by atoms with Gasteiger partial charge < -0.3 is 15.6 Å². The van der Waals surface area contributed by atoms with Crippen LogP contribution in [0.4, 0.5) is 20.2 Å². The molecule has 1 rings (SSSR count). The van der Waals surface area contributed by atoms with Gasteiger partial charge in [-0.1, -0.05) is 11.1 Å². The van der Waals surface area contributed by atoms with Gasteiger partial charge in [0.2, 0.25) is 0 Å². The standard InChI is InChI=1S/C8H10F2N2O2S/c9-6-3-5(11)4-7(10)8(6)12-1-2-15(13)14/h3-4,12H,1-2,11H2,(H,13,14)/p-1. The first-order chi connectivity index (χ1) is 7.00. The van der Waals surface area contributed by atoms with Crippen molar-refractivity contribution in [2.75, 3.05) is 23.3 Å². The molecule has 1 aromatic carbocycles. The summed E-state index contributed by atoms with van der Waals surface area (Å²) < 4.78 is 46.5. The number of anilines is 2. The molecule has 0 spiro atoms. The van der Waals surface area contributed by atoms with Gasteiger partial charge in [-0.05, 0) is 12.1 Å². The second-order valence-electron chi connectivity index (χ2n) is 2.79. The molecular weight excluding hydrogens is 226 g/mol. The molecule has 1 atom stereocenters. The Bertz CT molecular complexity index is 364. The van der Waals surface area contributed by atoms with E-state index in [0.29, 0.717) is 0 Å². The smallest absolute Gasteiger partial charge is 0.151 e. The molecule has 0 amide bonds. The quantitative estimate of drug-likeness (QED) is 0.598. The molecule has 0 bridgehead atoms. The molecule has 0 heterocycles. The minimum atomic E-state index is -2.24. The molecule has 0 saturated heterocycles. The first kappa shape index (κ1) is 11.9. The average Bonchev–Trinajstić information content (AvgIpc) is 2.08. The summed E-state index contributed by atoms with van der Waals surface area (Å²) >= 11 is -2.24. The van der Waals surface area contributed by atoms with E-state index in [2.05, 4.69) is 5.32 Å². The Labute approximate surface area is 87.8 Å². The van der Waals surface area contributed by atoms with E-state index in [1.165, 1.54) is 0 Å². The Morgan fingerprint density at radius 2 is 1.93 bits per heavy atom. The summed E-state index contributed by atoms with van der Waals surface area (Å²) in [6.45, 7) is -0.0616. The Kier molecular flexibility index (Phi) is 3.98. The molecular formula is C8H9F2N2O2S-. The molecule has 84 valence electrons. The molecule has 0 saturated carbocycles. The summed E-state index contributed by atoms with van der Waals surface area (Å²) in [6.07, 6.45) is 0. The summed E-state index contributed by atoms with van der Waals surface area (Å²) in [7, 11) is 0. The first-order valence-corrected chi connectivity index (χ1v) is 5.29. The van der Waals surface area contributed by atoms with Gasteiger partial charge in [0.15, 0.2) is 11.6 Å². The topological polar surface area (TPSA) is 78.2 Å². The van der Waals surface area contributed by atoms with Crippen LogP contribution in [0.3, 0.4) is 0 Å². The van der Waals surface area contributed by atoms with Crippen molar-refractivity contribution in [2.24, 2.45) is 0 Å². The highest BCUT2D eigenvalue weighted by Gasteiger charge is 2.09. The van der Waals surface area contributed by atoms with Gasteiger partial charge in [0, 0.05) is 18.0 Å². The van der Waals surface area contributed by atoms with E-state index in [-0.39, 0.29) is 23.7 Å². The van der Waals surface area contributed by atoms with Crippen molar-refractivity contribution in [1.29, 1.82) is 0 Å². The average molecular weight is 235 g/mol. The van der Waals surface area contributed by atoms with Gasteiger partial charge in [-0.3, -0.25) is 4.21 Å². The van der Waals surface area contributed by atoms with E-state index < -0.39 is 22.7 Å². The fourth-order valence-corrected chi connectivity index (χ4v) is 1.29. The van der Waals surface area contributed by atoms with Gasteiger partial charge in [0.25, 0.3) is 0 Å². The lowest BCUT2D eigenvalue weighted by Gasteiger charge is -2.10. The minimum Gasteiger partial charge on any atom is -0.772 e. The van der Waals surface area contributed by atoms with Crippen LogP contribution in [0.15, 0.2) is 12.1 Å². The third kappa shape index (κ3) is 3.45. The second-order valence-corrected chi connectivity index (χ2v) is 3.81. The normalized spacial score (nSPS) is 12.5. The predicted octanol–water partition coefficient (Wildman–Crippen LogP) is 0.838. The van der Waals surface area contributed by atoms with Crippen LogP contribution < -0.4 is 11.1 Å². The summed E-state index contributed by atoms with van der Waals surface area (Å²) in [5.41, 5.74) is 4.81. The fourth-order valence-electron chi connectivity index (χ4n) is 1.02. The van der Waals surface area contributed by atoms with E-state index in [4.69, 9.17) is 5.73 Å². The van der Waals surface area contributed by atoms with E-state index in [1.54, 1.807) is 0 Å². The number of hydrogen-bond donors (Lipinski definition) is 2. The number of nitrogens with one attached hydrogen (secondary N) is 1. The molecule has 15 heavy (non-hydrogen) atoms. The van der Waals surface area contributed by atoms with Gasteiger partial charge in [-0.25, -0.2) is 8.78 Å². The predicted molar refractivity (Wildman–Crippen MR) is 53.0 cm³/mol. The zero-order valence-electron chi connectivity index (χ0n) is 7.63. The van der Waals surface area contributed by atoms with Crippen molar-refractivity contribution in [3.63, 3.8) is 0 Å². The number of rotatable bonds is 4. The highest BCUT2D eigenvalue weighted by Crippen LogP contribution is 2.21. The molecule has 1 unspecified atom stereocenters. The van der Waals surface area contributed by atoms with Crippen LogP contribution >= 0.6 is 0 Å². The number of benzene rings is 1. The number of hydrogen-bond acceptors (Lipinski definition) is 4. The van der Waals surface area contributed by atoms with Crippen LogP contribution in [0.2, 0.25) is 0 Å². The van der Waals surface area contributed by atoms with E-state index in [0.717, 1.165) is 12.1 Å². The SMILES string of the molecule is Nc1cc(F)c(NCCS(=O)[O-])c(F)c1. The maximum absolute atomic E-state index is 13.1. The zero-order chi connectivity index (χ0) is 11.4. The third-order valence-electron chi connectivity index (χ3n) is 1.63. The number of halogens is 2. The van der Waals surface area contributed by atoms with Crippen molar-refractivity contribution < 1.29 is 17.5 Å². The Morgan fingerprint density at radius 1 is 1.40 bits per heavy atom. The minimum absolute atomic E-state index is 0.0250. The van der Waals surface area contributed by atoms with Gasteiger partial charge in [0.1, 0.15) is 5.69 Å². The fraction of sp³-hybridized carbons (Fsp3) is 0.250. The molecule has 0 aromatic heterocycles. The summed E-state index contributed by atoms with van der Waals surface area (Å²) in [6, 6.07) is 1.92.